The van der Waals surface area contributed by atoms with Gasteiger partial charge in [0, 0.05) is 17.2 Å². The largest absolute Gasteiger partial charge is 0.399 e. The summed E-state index contributed by atoms with van der Waals surface area (Å²) in [5.74, 6) is 1.16. The van der Waals surface area contributed by atoms with Crippen LogP contribution in [0.25, 0.3) is 0 Å². The van der Waals surface area contributed by atoms with E-state index in [0.29, 0.717) is 6.10 Å². The molecular weight excluding hydrogens is 218 g/mol. The van der Waals surface area contributed by atoms with Crippen molar-refractivity contribution >= 4 is 17.4 Å². The van der Waals surface area contributed by atoms with E-state index >= 15 is 0 Å². The molecule has 0 amide bonds. The predicted molar refractivity (Wildman–Crippen MR) is 69.8 cm³/mol. The second-order valence-electron chi connectivity index (χ2n) is 4.20. The Labute approximate surface area is 102 Å². The van der Waals surface area contributed by atoms with Gasteiger partial charge in [0.1, 0.15) is 0 Å². The van der Waals surface area contributed by atoms with E-state index in [-0.39, 0.29) is 0 Å². The van der Waals surface area contributed by atoms with Crippen LogP contribution in [-0.2, 0) is 4.74 Å². The van der Waals surface area contributed by atoms with Gasteiger partial charge in [0.2, 0.25) is 0 Å². The fraction of sp³-hybridized carbons (Fsp3) is 0.538. The number of rotatable bonds is 5. The van der Waals surface area contributed by atoms with Gasteiger partial charge in [-0.15, -0.1) is 11.8 Å². The Balaban J connectivity index is 1.64. The fourth-order valence-corrected chi connectivity index (χ4v) is 2.92. The van der Waals surface area contributed by atoms with E-state index in [1.807, 2.05) is 30.0 Å². The van der Waals surface area contributed by atoms with Gasteiger partial charge >= 0.3 is 0 Å². The van der Waals surface area contributed by atoms with Gasteiger partial charge in [0.25, 0.3) is 0 Å². The number of hydrogen-bond acceptors (Lipinski definition) is 3. The molecule has 1 fully saturated rings. The lowest BCUT2D eigenvalue weighted by Crippen LogP contribution is -2.04. The second-order valence-corrected chi connectivity index (χ2v) is 5.37. The molecule has 2 N–H and O–H groups in total. The summed E-state index contributed by atoms with van der Waals surface area (Å²) >= 11 is 1.88. The Bertz CT molecular complexity index is 323. The predicted octanol–water partition coefficient (Wildman–Crippen LogP) is 3.32. The monoisotopic (exact) mass is 237 g/mol. The van der Waals surface area contributed by atoms with Crippen LogP contribution in [0.1, 0.15) is 25.7 Å². The van der Waals surface area contributed by atoms with Crippen molar-refractivity contribution in [3.8, 4) is 0 Å². The highest BCUT2D eigenvalue weighted by atomic mass is 32.2. The van der Waals surface area contributed by atoms with Crippen molar-refractivity contribution in [2.24, 2.45) is 0 Å². The third-order valence-corrected chi connectivity index (χ3v) is 3.90. The van der Waals surface area contributed by atoms with Crippen molar-refractivity contribution in [1.82, 2.24) is 0 Å². The van der Waals surface area contributed by atoms with Crippen molar-refractivity contribution < 1.29 is 4.74 Å². The summed E-state index contributed by atoms with van der Waals surface area (Å²) in [5.41, 5.74) is 6.58. The number of anilines is 1. The minimum absolute atomic E-state index is 0.529. The number of ether oxygens (including phenoxy) is 1. The van der Waals surface area contributed by atoms with Gasteiger partial charge in [0.15, 0.2) is 0 Å². The highest BCUT2D eigenvalue weighted by Crippen LogP contribution is 2.23. The van der Waals surface area contributed by atoms with Crippen LogP contribution < -0.4 is 5.73 Å². The van der Waals surface area contributed by atoms with Crippen LogP contribution in [0.3, 0.4) is 0 Å². The Kier molecular flexibility index (Phi) is 4.55. The summed E-state index contributed by atoms with van der Waals surface area (Å²) in [5, 5.41) is 0. The average molecular weight is 237 g/mol. The molecule has 1 aromatic rings. The van der Waals surface area contributed by atoms with Crippen LogP contribution in [0.5, 0.6) is 0 Å². The number of thioether (sulfide) groups is 1. The molecule has 2 nitrogen and oxygen atoms in total. The number of hydrogen-bond donors (Lipinski definition) is 1. The minimum Gasteiger partial charge on any atom is -0.399 e. The zero-order valence-electron chi connectivity index (χ0n) is 9.52. The second kappa shape index (κ2) is 6.16. The molecule has 0 saturated carbocycles. The van der Waals surface area contributed by atoms with Gasteiger partial charge in [-0.05, 0) is 49.6 Å². The van der Waals surface area contributed by atoms with Crippen LogP contribution in [-0.4, -0.2) is 18.5 Å². The van der Waals surface area contributed by atoms with Crippen LogP contribution in [0.4, 0.5) is 5.69 Å². The van der Waals surface area contributed by atoms with E-state index < -0.39 is 0 Å². The molecule has 0 aromatic heterocycles. The molecule has 2 rings (SSSR count). The molecule has 0 radical (unpaired) electrons. The third-order valence-electron chi connectivity index (χ3n) is 2.82. The topological polar surface area (TPSA) is 35.2 Å². The molecule has 0 spiro atoms. The maximum atomic E-state index is 5.73. The minimum atomic E-state index is 0.529. The third kappa shape index (κ3) is 3.72. The van der Waals surface area contributed by atoms with Gasteiger partial charge in [-0.1, -0.05) is 6.07 Å². The lowest BCUT2D eigenvalue weighted by molar-refractivity contribution is 0.104. The molecule has 1 aromatic carbocycles. The summed E-state index contributed by atoms with van der Waals surface area (Å²) in [6, 6.07) is 8.10. The van der Waals surface area contributed by atoms with Crippen molar-refractivity contribution in [1.29, 1.82) is 0 Å². The summed E-state index contributed by atoms with van der Waals surface area (Å²) in [7, 11) is 0. The van der Waals surface area contributed by atoms with Crippen molar-refractivity contribution in [3.63, 3.8) is 0 Å². The molecule has 1 atom stereocenters. The first-order valence-corrected chi connectivity index (χ1v) is 6.93. The van der Waals surface area contributed by atoms with Crippen molar-refractivity contribution in [3.05, 3.63) is 24.3 Å². The first-order chi connectivity index (χ1) is 7.84. The first-order valence-electron chi connectivity index (χ1n) is 5.94. The van der Waals surface area contributed by atoms with E-state index in [1.165, 1.54) is 30.6 Å². The van der Waals surface area contributed by atoms with Gasteiger partial charge in [-0.3, -0.25) is 0 Å². The summed E-state index contributed by atoms with van der Waals surface area (Å²) < 4.78 is 5.60. The summed E-state index contributed by atoms with van der Waals surface area (Å²) in [6.45, 7) is 0.965. The van der Waals surface area contributed by atoms with E-state index in [2.05, 4.69) is 6.07 Å². The number of nitrogen functional groups attached to an aromatic ring is 1. The van der Waals surface area contributed by atoms with Crippen LogP contribution in [0.2, 0.25) is 0 Å². The fourth-order valence-electron chi connectivity index (χ4n) is 1.98. The molecule has 3 heteroatoms. The molecule has 1 aliphatic heterocycles. The summed E-state index contributed by atoms with van der Waals surface area (Å²) in [4.78, 5) is 1.27. The Morgan fingerprint density at radius 3 is 3.12 bits per heavy atom. The SMILES string of the molecule is Nc1cccc(SCCCC2CCCO2)c1. The Hall–Kier alpha value is -0.670. The number of nitrogens with two attached hydrogens (primary N) is 1. The molecular formula is C13H19NOS. The van der Waals surface area contributed by atoms with Crippen LogP contribution in [0.15, 0.2) is 29.2 Å². The average Bonchev–Trinajstić information content (AvgIpc) is 2.77. The highest BCUT2D eigenvalue weighted by molar-refractivity contribution is 7.99. The summed E-state index contributed by atoms with van der Waals surface area (Å²) in [6.07, 6.45) is 5.46. The lowest BCUT2D eigenvalue weighted by atomic mass is 10.1. The maximum Gasteiger partial charge on any atom is 0.0576 e. The van der Waals surface area contributed by atoms with Crippen molar-refractivity contribution in [2.75, 3.05) is 18.1 Å². The lowest BCUT2D eigenvalue weighted by Gasteiger charge is -2.08. The maximum absolute atomic E-state index is 5.73. The standard InChI is InChI=1S/C13H19NOS/c14-11-4-1-7-13(10-11)16-9-3-6-12-5-2-8-15-12/h1,4,7,10,12H,2-3,5-6,8-9,14H2. The van der Waals surface area contributed by atoms with Gasteiger partial charge in [-0.25, -0.2) is 0 Å². The van der Waals surface area contributed by atoms with Crippen molar-refractivity contribution in [2.45, 2.75) is 36.7 Å². The van der Waals surface area contributed by atoms with Gasteiger partial charge in [0.05, 0.1) is 6.10 Å². The van der Waals surface area contributed by atoms with E-state index in [9.17, 15) is 0 Å². The van der Waals surface area contributed by atoms with Gasteiger partial charge < -0.3 is 10.5 Å². The molecule has 16 heavy (non-hydrogen) atoms. The zero-order valence-corrected chi connectivity index (χ0v) is 10.3. The Morgan fingerprint density at radius 2 is 2.38 bits per heavy atom. The van der Waals surface area contributed by atoms with E-state index in [4.69, 9.17) is 10.5 Å². The molecule has 0 bridgehead atoms. The van der Waals surface area contributed by atoms with E-state index in [1.54, 1.807) is 0 Å². The molecule has 0 aliphatic carbocycles. The zero-order chi connectivity index (χ0) is 11.2. The van der Waals surface area contributed by atoms with E-state index in [0.717, 1.165) is 18.0 Å². The van der Waals surface area contributed by atoms with Crippen LogP contribution in [0, 0.1) is 0 Å². The molecule has 88 valence electrons. The molecule has 1 aliphatic rings. The molecule has 1 saturated heterocycles. The quantitative estimate of drug-likeness (QED) is 0.485. The smallest absolute Gasteiger partial charge is 0.0576 e. The van der Waals surface area contributed by atoms with Crippen LogP contribution >= 0.6 is 11.8 Å². The molecule has 1 unspecified atom stereocenters. The first kappa shape index (κ1) is 11.8. The molecule has 1 heterocycles. The normalized spacial score (nSPS) is 20.1. The Morgan fingerprint density at radius 1 is 1.44 bits per heavy atom. The number of benzene rings is 1. The van der Waals surface area contributed by atoms with Gasteiger partial charge in [-0.2, -0.15) is 0 Å². The highest BCUT2D eigenvalue weighted by Gasteiger charge is 2.14.